The van der Waals surface area contributed by atoms with Gasteiger partial charge in [0.2, 0.25) is 0 Å². The number of alkyl halides is 1. The van der Waals surface area contributed by atoms with Gasteiger partial charge in [-0.2, -0.15) is 0 Å². The number of esters is 4. The number of benzene rings is 2. The Morgan fingerprint density at radius 1 is 0.682 bits per heavy atom. The van der Waals surface area contributed by atoms with E-state index in [9.17, 15) is 19.2 Å². The second-order valence-electron chi connectivity index (χ2n) is 11.1. The second-order valence-corrected chi connectivity index (χ2v) is 11.6. The van der Waals surface area contributed by atoms with E-state index < -0.39 is 5.60 Å². The van der Waals surface area contributed by atoms with E-state index >= 15 is 0 Å². The van der Waals surface area contributed by atoms with Gasteiger partial charge in [0.25, 0.3) is 0 Å². The largest absolute Gasteiger partial charge is 0.460 e. The molecule has 12 heteroatoms. The first-order valence-corrected chi connectivity index (χ1v) is 15.1. The van der Waals surface area contributed by atoms with Crippen molar-refractivity contribution in [3.8, 4) is 0 Å². The van der Waals surface area contributed by atoms with Crippen molar-refractivity contribution in [2.45, 2.75) is 78.8 Å². The Kier molecular flexibility index (Phi) is 23.9. The summed E-state index contributed by atoms with van der Waals surface area (Å²) in [6, 6.07) is 19.1. The Morgan fingerprint density at radius 3 is 1.48 bits per heavy atom. The highest BCUT2D eigenvalue weighted by Gasteiger charge is 2.16. The van der Waals surface area contributed by atoms with E-state index in [1.165, 1.54) is 0 Å². The minimum atomic E-state index is -0.480. The predicted octanol–water partition coefficient (Wildman–Crippen LogP) is 5.27. The molecule has 2 aromatic rings. The summed E-state index contributed by atoms with van der Waals surface area (Å²) < 4.78 is 20.1. The number of carbonyl (C=O) groups excluding carboxylic acids is 4. The number of ether oxygens (including phenoxy) is 4. The summed E-state index contributed by atoms with van der Waals surface area (Å²) in [7, 11) is 0. The van der Waals surface area contributed by atoms with Gasteiger partial charge in [0.15, 0.2) is 0 Å². The van der Waals surface area contributed by atoms with Gasteiger partial charge in [-0.3, -0.25) is 19.2 Å². The van der Waals surface area contributed by atoms with Gasteiger partial charge >= 0.3 is 23.9 Å². The quantitative estimate of drug-likeness (QED) is 0.130. The van der Waals surface area contributed by atoms with Gasteiger partial charge < -0.3 is 30.0 Å². The van der Waals surface area contributed by atoms with E-state index in [-0.39, 0.29) is 66.8 Å². The number of hydrogen-bond acceptors (Lipinski definition) is 10. The molecule has 0 saturated carbocycles. The van der Waals surface area contributed by atoms with Crippen LogP contribution in [-0.4, -0.2) is 60.0 Å². The molecule has 2 rings (SSSR count). The zero-order valence-corrected chi connectivity index (χ0v) is 29.0. The summed E-state index contributed by atoms with van der Waals surface area (Å²) in [4.78, 5) is 44.4. The molecule has 10 nitrogen and oxygen atoms in total. The first kappa shape index (κ1) is 43.1. The Bertz CT molecular complexity index is 1080. The highest BCUT2D eigenvalue weighted by atomic mass is 79.9. The maximum absolute atomic E-state index is 11.5. The van der Waals surface area contributed by atoms with Crippen LogP contribution in [-0.2, 0) is 51.3 Å². The van der Waals surface area contributed by atoms with Crippen LogP contribution in [0.2, 0.25) is 0 Å². The molecule has 0 saturated heterocycles. The Morgan fingerprint density at radius 2 is 1.09 bits per heavy atom. The van der Waals surface area contributed by atoms with Crippen LogP contribution in [0.4, 0.5) is 0 Å². The van der Waals surface area contributed by atoms with E-state index in [1.54, 1.807) is 0 Å². The third-order valence-corrected chi connectivity index (χ3v) is 5.02. The van der Waals surface area contributed by atoms with E-state index in [2.05, 4.69) is 21.2 Å². The van der Waals surface area contributed by atoms with Crippen LogP contribution >= 0.6 is 28.3 Å². The first-order chi connectivity index (χ1) is 20.1. The monoisotopic (exact) mass is 702 g/mol. The van der Waals surface area contributed by atoms with E-state index in [1.807, 2.05) is 102 Å². The first-order valence-electron chi connectivity index (χ1n) is 13.9. The molecule has 0 fully saturated rings. The molecule has 248 valence electrons. The van der Waals surface area contributed by atoms with Crippen LogP contribution in [0.5, 0.6) is 0 Å². The van der Waals surface area contributed by atoms with E-state index in [4.69, 9.17) is 24.7 Å². The zero-order chi connectivity index (χ0) is 32.7. The van der Waals surface area contributed by atoms with Gasteiger partial charge in [-0.1, -0.05) is 76.6 Å². The molecule has 0 aromatic heterocycles. The van der Waals surface area contributed by atoms with E-state index in [0.29, 0.717) is 26.1 Å². The normalized spacial score (nSPS) is 10.4. The lowest BCUT2D eigenvalue weighted by Gasteiger charge is -2.19. The standard InChI is InChI=1S/C16H23NO4.C9H9BrO2.C7H15NO2.ClH/c1-16(2,3)21-14(18)9-10-17-11-15(19)20-12-13-7-5-4-6-8-13;10-6-9(11)12-7-8-4-2-1-3-5-8;1-7(2,3)10-6(9)4-5-8;/h4-8,17H,9-12H2,1-3H3;1-5H,6-7H2;4-5,8H2,1-3H3;1H. The maximum Gasteiger partial charge on any atom is 0.320 e. The highest BCUT2D eigenvalue weighted by Crippen LogP contribution is 2.08. The number of nitrogens with two attached hydrogens (primary N) is 1. The summed E-state index contributed by atoms with van der Waals surface area (Å²) in [5.74, 6) is -1.09. The third kappa shape index (κ3) is 27.8. The topological polar surface area (TPSA) is 143 Å². The molecule has 0 aliphatic rings. The van der Waals surface area contributed by atoms with Crippen molar-refractivity contribution in [3.05, 3.63) is 71.8 Å². The smallest absolute Gasteiger partial charge is 0.320 e. The van der Waals surface area contributed by atoms with Crippen molar-refractivity contribution in [2.24, 2.45) is 5.73 Å². The molecule has 2 aromatic carbocycles. The van der Waals surface area contributed by atoms with Gasteiger partial charge in [0.05, 0.1) is 19.4 Å². The Balaban J connectivity index is 0. The summed E-state index contributed by atoms with van der Waals surface area (Å²) in [5, 5.41) is 3.11. The van der Waals surface area contributed by atoms with Gasteiger partial charge in [0.1, 0.15) is 29.7 Å². The lowest BCUT2D eigenvalue weighted by Crippen LogP contribution is -2.29. The molecule has 0 atom stereocenters. The van der Waals surface area contributed by atoms with Crippen molar-refractivity contribution in [1.82, 2.24) is 5.32 Å². The van der Waals surface area contributed by atoms with Gasteiger partial charge in [-0.05, 0) is 52.7 Å². The maximum atomic E-state index is 11.5. The van der Waals surface area contributed by atoms with Crippen LogP contribution in [0.3, 0.4) is 0 Å². The zero-order valence-electron chi connectivity index (χ0n) is 26.6. The average Bonchev–Trinajstić information content (AvgIpc) is 2.93. The SMILES string of the molecule is CC(C)(C)OC(=O)CCN.CC(C)(C)OC(=O)CCNCC(=O)OCc1ccccc1.Cl.O=C(CBr)OCc1ccccc1. The van der Waals surface area contributed by atoms with Crippen LogP contribution < -0.4 is 11.1 Å². The van der Waals surface area contributed by atoms with Crippen LogP contribution in [0, 0.1) is 0 Å². The minimum absolute atomic E-state index is 0. The number of nitrogens with one attached hydrogen (secondary N) is 1. The lowest BCUT2D eigenvalue weighted by atomic mass is 10.2. The summed E-state index contributed by atoms with van der Waals surface area (Å²) in [6.07, 6.45) is 0.528. The van der Waals surface area contributed by atoms with Crippen LogP contribution in [0.1, 0.15) is 65.5 Å². The summed E-state index contributed by atoms with van der Waals surface area (Å²) in [6.45, 7) is 12.4. The Labute approximate surface area is 276 Å². The molecule has 0 radical (unpaired) electrons. The predicted molar refractivity (Wildman–Crippen MR) is 176 cm³/mol. The fourth-order valence-corrected chi connectivity index (χ4v) is 3.01. The van der Waals surface area contributed by atoms with Crippen molar-refractivity contribution in [2.75, 3.05) is 25.0 Å². The van der Waals surface area contributed by atoms with Crippen molar-refractivity contribution in [1.29, 1.82) is 0 Å². The molecule has 0 heterocycles. The molecular weight excluding hydrogens is 656 g/mol. The minimum Gasteiger partial charge on any atom is -0.460 e. The van der Waals surface area contributed by atoms with Crippen molar-refractivity contribution >= 4 is 52.2 Å². The number of halogens is 2. The molecule has 0 bridgehead atoms. The molecule has 0 unspecified atom stereocenters. The molecule has 44 heavy (non-hydrogen) atoms. The fourth-order valence-electron chi connectivity index (χ4n) is 2.85. The van der Waals surface area contributed by atoms with Crippen LogP contribution in [0.25, 0.3) is 0 Å². The lowest BCUT2D eigenvalue weighted by molar-refractivity contribution is -0.155. The van der Waals surface area contributed by atoms with Crippen molar-refractivity contribution in [3.63, 3.8) is 0 Å². The molecule has 0 spiro atoms. The number of hydrogen-bond donors (Lipinski definition) is 2. The summed E-state index contributed by atoms with van der Waals surface area (Å²) in [5.41, 5.74) is 6.23. The molecule has 0 aliphatic heterocycles. The van der Waals surface area contributed by atoms with E-state index in [0.717, 1.165) is 11.1 Å². The molecular formula is C32H48BrClN2O8. The molecule has 0 amide bonds. The summed E-state index contributed by atoms with van der Waals surface area (Å²) >= 11 is 3.01. The fraction of sp³-hybridized carbons (Fsp3) is 0.500. The van der Waals surface area contributed by atoms with Gasteiger partial charge in [-0.25, -0.2) is 0 Å². The highest BCUT2D eigenvalue weighted by molar-refractivity contribution is 9.09. The Hall–Kier alpha value is -2.99. The van der Waals surface area contributed by atoms with Crippen molar-refractivity contribution < 1.29 is 38.1 Å². The third-order valence-electron chi connectivity index (χ3n) is 4.56. The second kappa shape index (κ2) is 24.3. The number of rotatable bonds is 12. The molecule has 3 N–H and O–H groups in total. The molecule has 0 aliphatic carbocycles. The van der Waals surface area contributed by atoms with Crippen LogP contribution in [0.15, 0.2) is 60.7 Å². The average molecular weight is 704 g/mol. The number of carbonyl (C=O) groups is 4. The van der Waals surface area contributed by atoms with Gasteiger partial charge in [-0.15, -0.1) is 12.4 Å². The van der Waals surface area contributed by atoms with Gasteiger partial charge in [0, 0.05) is 13.1 Å².